The van der Waals surface area contributed by atoms with Crippen molar-refractivity contribution in [1.82, 2.24) is 5.32 Å². The van der Waals surface area contributed by atoms with E-state index in [1.807, 2.05) is 6.07 Å². The molecule has 2 rings (SSSR count). The molecule has 2 atom stereocenters. The minimum absolute atomic E-state index is 0.0955. The molecule has 5 heteroatoms. The third kappa shape index (κ3) is 2.61. The summed E-state index contributed by atoms with van der Waals surface area (Å²) in [5.41, 5.74) is 6.50. The lowest BCUT2D eigenvalue weighted by atomic mass is 9.92. The predicted octanol–water partition coefficient (Wildman–Crippen LogP) is 2.17. The van der Waals surface area contributed by atoms with Gasteiger partial charge in [-0.25, -0.2) is 0 Å². The van der Waals surface area contributed by atoms with Crippen LogP contribution in [0.15, 0.2) is 6.07 Å². The molecule has 0 saturated carbocycles. The summed E-state index contributed by atoms with van der Waals surface area (Å²) in [7, 11) is 1.63. The molecule has 0 aromatic carbocycles. The van der Waals surface area contributed by atoms with E-state index >= 15 is 0 Å². The minimum Gasteiger partial charge on any atom is -0.397 e. The second-order valence-electron chi connectivity index (χ2n) is 5.30. The molecule has 4 nitrogen and oxygen atoms in total. The number of hydrogen-bond acceptors (Lipinski definition) is 4. The zero-order valence-electron chi connectivity index (χ0n) is 11.2. The molecule has 1 aromatic heterocycles. The molecule has 0 aliphatic carbocycles. The van der Waals surface area contributed by atoms with Crippen LogP contribution in [0.3, 0.4) is 0 Å². The number of thiophene rings is 1. The maximum absolute atomic E-state index is 11.7. The molecule has 2 heterocycles. The second-order valence-corrected chi connectivity index (χ2v) is 6.33. The van der Waals surface area contributed by atoms with E-state index < -0.39 is 0 Å². The molecule has 100 valence electrons. The van der Waals surface area contributed by atoms with Crippen molar-refractivity contribution in [2.75, 3.05) is 30.8 Å². The number of anilines is 2. The van der Waals surface area contributed by atoms with Gasteiger partial charge in [0.2, 0.25) is 0 Å². The monoisotopic (exact) mass is 267 g/mol. The lowest BCUT2D eigenvalue weighted by Gasteiger charge is -2.35. The molecule has 1 amide bonds. The topological polar surface area (TPSA) is 58.4 Å². The molecule has 0 radical (unpaired) electrons. The zero-order chi connectivity index (χ0) is 13.3. The first-order chi connectivity index (χ1) is 8.51. The molecule has 1 aliphatic rings. The SMILES string of the molecule is CNC(=O)c1sc(N2CC(C)CC(C)C2)cc1N. The van der Waals surface area contributed by atoms with E-state index in [1.165, 1.54) is 17.8 Å². The van der Waals surface area contributed by atoms with Gasteiger partial charge < -0.3 is 16.0 Å². The summed E-state index contributed by atoms with van der Waals surface area (Å²) in [4.78, 5) is 14.6. The average Bonchev–Trinajstić information content (AvgIpc) is 2.69. The Kier molecular flexibility index (Phi) is 3.80. The van der Waals surface area contributed by atoms with Gasteiger partial charge in [0.15, 0.2) is 0 Å². The number of nitrogens with zero attached hydrogens (tertiary/aromatic N) is 1. The third-order valence-corrected chi connectivity index (χ3v) is 4.57. The third-order valence-electron chi connectivity index (χ3n) is 3.36. The van der Waals surface area contributed by atoms with Crippen LogP contribution in [0.25, 0.3) is 0 Å². The Hall–Kier alpha value is -1.23. The zero-order valence-corrected chi connectivity index (χ0v) is 12.0. The van der Waals surface area contributed by atoms with Crippen LogP contribution >= 0.6 is 11.3 Å². The second kappa shape index (κ2) is 5.18. The number of piperidine rings is 1. The molecule has 1 aromatic rings. The van der Waals surface area contributed by atoms with Crippen molar-refractivity contribution in [3.05, 3.63) is 10.9 Å². The van der Waals surface area contributed by atoms with Crippen molar-refractivity contribution in [1.29, 1.82) is 0 Å². The highest BCUT2D eigenvalue weighted by molar-refractivity contribution is 7.18. The number of nitrogen functional groups attached to an aromatic ring is 1. The molecule has 0 bridgehead atoms. The summed E-state index contributed by atoms with van der Waals surface area (Å²) in [6, 6.07) is 1.93. The van der Waals surface area contributed by atoms with Crippen LogP contribution in [0.2, 0.25) is 0 Å². The number of rotatable bonds is 2. The van der Waals surface area contributed by atoms with E-state index in [9.17, 15) is 4.79 Å². The Balaban J connectivity index is 2.21. The lowest BCUT2D eigenvalue weighted by molar-refractivity contribution is 0.0968. The van der Waals surface area contributed by atoms with Gasteiger partial charge in [-0.3, -0.25) is 4.79 Å². The van der Waals surface area contributed by atoms with Crippen molar-refractivity contribution in [2.24, 2.45) is 11.8 Å². The number of amides is 1. The molecule has 1 fully saturated rings. The van der Waals surface area contributed by atoms with Gasteiger partial charge in [0.05, 0.1) is 10.7 Å². The Bertz CT molecular complexity index is 433. The first kappa shape index (κ1) is 13.2. The Morgan fingerprint density at radius 3 is 2.61 bits per heavy atom. The van der Waals surface area contributed by atoms with Crippen LogP contribution in [0.1, 0.15) is 29.9 Å². The van der Waals surface area contributed by atoms with Crippen LogP contribution in [0.5, 0.6) is 0 Å². The molecule has 1 saturated heterocycles. The maximum atomic E-state index is 11.7. The van der Waals surface area contributed by atoms with Crippen molar-refractivity contribution in [3.63, 3.8) is 0 Å². The molecule has 1 aliphatic heterocycles. The number of nitrogens with two attached hydrogens (primary N) is 1. The molecule has 18 heavy (non-hydrogen) atoms. The van der Waals surface area contributed by atoms with Gasteiger partial charge in [-0.15, -0.1) is 11.3 Å². The maximum Gasteiger partial charge on any atom is 0.263 e. The van der Waals surface area contributed by atoms with E-state index in [2.05, 4.69) is 24.1 Å². The van der Waals surface area contributed by atoms with Crippen LogP contribution in [-0.4, -0.2) is 26.0 Å². The van der Waals surface area contributed by atoms with Gasteiger partial charge in [-0.05, 0) is 24.3 Å². The highest BCUT2D eigenvalue weighted by atomic mass is 32.1. The normalized spacial score (nSPS) is 24.1. The highest BCUT2D eigenvalue weighted by Crippen LogP contribution is 2.35. The van der Waals surface area contributed by atoms with E-state index in [-0.39, 0.29) is 5.91 Å². The lowest BCUT2D eigenvalue weighted by Crippen LogP contribution is -2.38. The average molecular weight is 267 g/mol. The molecular weight excluding hydrogens is 246 g/mol. The van der Waals surface area contributed by atoms with Gasteiger partial charge >= 0.3 is 0 Å². The van der Waals surface area contributed by atoms with Crippen molar-refractivity contribution >= 4 is 27.9 Å². The van der Waals surface area contributed by atoms with Crippen LogP contribution in [-0.2, 0) is 0 Å². The fourth-order valence-corrected chi connectivity index (χ4v) is 3.73. The number of carbonyl (C=O) groups is 1. The number of nitrogens with one attached hydrogen (secondary N) is 1. The summed E-state index contributed by atoms with van der Waals surface area (Å²) >= 11 is 1.49. The first-order valence-electron chi connectivity index (χ1n) is 6.37. The van der Waals surface area contributed by atoms with Crippen molar-refractivity contribution in [3.8, 4) is 0 Å². The Morgan fingerprint density at radius 1 is 1.44 bits per heavy atom. The smallest absolute Gasteiger partial charge is 0.263 e. The summed E-state index contributed by atoms with van der Waals surface area (Å²) in [6.45, 7) is 6.66. The van der Waals surface area contributed by atoms with Crippen LogP contribution < -0.4 is 16.0 Å². The van der Waals surface area contributed by atoms with Gasteiger partial charge in [0, 0.05) is 20.1 Å². The summed E-state index contributed by atoms with van der Waals surface area (Å²) in [6.07, 6.45) is 1.28. The highest BCUT2D eigenvalue weighted by Gasteiger charge is 2.24. The van der Waals surface area contributed by atoms with Gasteiger partial charge in [0.25, 0.3) is 5.91 Å². The van der Waals surface area contributed by atoms with E-state index in [0.717, 1.165) is 18.1 Å². The van der Waals surface area contributed by atoms with Gasteiger partial charge in [-0.2, -0.15) is 0 Å². The molecule has 3 N–H and O–H groups in total. The Morgan fingerprint density at radius 2 is 2.06 bits per heavy atom. The fraction of sp³-hybridized carbons (Fsp3) is 0.615. The summed E-state index contributed by atoms with van der Waals surface area (Å²) in [5, 5.41) is 3.74. The van der Waals surface area contributed by atoms with Crippen molar-refractivity contribution < 1.29 is 4.79 Å². The minimum atomic E-state index is -0.0955. The first-order valence-corrected chi connectivity index (χ1v) is 7.19. The number of carbonyl (C=O) groups excluding carboxylic acids is 1. The summed E-state index contributed by atoms with van der Waals surface area (Å²) < 4.78 is 0. The van der Waals surface area contributed by atoms with Crippen LogP contribution in [0.4, 0.5) is 10.7 Å². The van der Waals surface area contributed by atoms with Crippen molar-refractivity contribution in [2.45, 2.75) is 20.3 Å². The Labute approximate surface area is 112 Å². The molecular formula is C13H21N3OS. The predicted molar refractivity (Wildman–Crippen MR) is 77.3 cm³/mol. The largest absolute Gasteiger partial charge is 0.397 e. The van der Waals surface area contributed by atoms with Gasteiger partial charge in [-0.1, -0.05) is 13.8 Å². The standard InChI is InChI=1S/C13H21N3OS/c1-8-4-9(2)7-16(6-8)11-5-10(14)12(18-11)13(17)15-3/h5,8-9H,4,6-7,14H2,1-3H3,(H,15,17). The van der Waals surface area contributed by atoms with Crippen LogP contribution in [0, 0.1) is 11.8 Å². The number of hydrogen-bond donors (Lipinski definition) is 2. The summed E-state index contributed by atoms with van der Waals surface area (Å²) in [5.74, 6) is 1.29. The van der Waals surface area contributed by atoms with Gasteiger partial charge in [0.1, 0.15) is 4.88 Å². The van der Waals surface area contributed by atoms with E-state index in [0.29, 0.717) is 22.4 Å². The fourth-order valence-electron chi connectivity index (χ4n) is 2.68. The van der Waals surface area contributed by atoms with E-state index in [1.54, 1.807) is 7.05 Å². The quantitative estimate of drug-likeness (QED) is 0.863. The van der Waals surface area contributed by atoms with E-state index in [4.69, 9.17) is 5.73 Å². The molecule has 0 spiro atoms. The molecule has 2 unspecified atom stereocenters.